The fourth-order valence-electron chi connectivity index (χ4n) is 4.91. The number of aliphatic carboxylic acids is 1. The van der Waals surface area contributed by atoms with Crippen LogP contribution in [0.1, 0.15) is 52.0 Å². The van der Waals surface area contributed by atoms with Crippen LogP contribution in [0.4, 0.5) is 5.69 Å². The molecule has 2 heterocycles. The number of fused-ring (bicyclic) bond motifs is 2. The van der Waals surface area contributed by atoms with Gasteiger partial charge in [-0.2, -0.15) is 0 Å². The number of halogens is 1. The average molecular weight is 446 g/mol. The Morgan fingerprint density at radius 1 is 1.10 bits per heavy atom. The molecule has 2 aromatic rings. The number of carbonyl (C=O) groups is 3. The number of hydrogen-bond donors (Lipinski definition) is 1. The highest BCUT2D eigenvalue weighted by molar-refractivity contribution is 6.27. The standard InChI is InChI=1S/C23H27N3O4.ClH/c1-24-14-26(2,3)13-15-12-18-20-16(21(15)24)8-7-9-17(20)22(29)25(23(18)30)11-6-4-5-10-19(27)28;/h7-9,12H,4-6,10-11,13-14H2,1-3H3;1H. The fraction of sp³-hybridized carbons (Fsp3) is 0.435. The van der Waals surface area contributed by atoms with Crippen LogP contribution in [-0.2, 0) is 11.3 Å². The molecule has 0 unspecified atom stereocenters. The number of rotatable bonds is 6. The van der Waals surface area contributed by atoms with Gasteiger partial charge in [0.25, 0.3) is 11.8 Å². The number of hydrogen-bond acceptors (Lipinski definition) is 4. The molecule has 31 heavy (non-hydrogen) atoms. The van der Waals surface area contributed by atoms with E-state index in [1.54, 1.807) is 6.07 Å². The summed E-state index contributed by atoms with van der Waals surface area (Å²) < 4.78 is 0.800. The van der Waals surface area contributed by atoms with E-state index in [0.717, 1.165) is 39.7 Å². The quantitative estimate of drug-likeness (QED) is 0.387. The molecule has 0 atom stereocenters. The molecule has 0 fully saturated rings. The molecule has 0 spiro atoms. The summed E-state index contributed by atoms with van der Waals surface area (Å²) in [5.41, 5.74) is 3.40. The van der Waals surface area contributed by atoms with Gasteiger partial charge in [0.15, 0.2) is 6.67 Å². The van der Waals surface area contributed by atoms with Gasteiger partial charge in [-0.05, 0) is 25.0 Å². The second kappa shape index (κ2) is 8.48. The van der Waals surface area contributed by atoms with Gasteiger partial charge in [-0.15, -0.1) is 0 Å². The van der Waals surface area contributed by atoms with E-state index < -0.39 is 5.97 Å². The predicted octanol–water partition coefficient (Wildman–Crippen LogP) is 0.0685. The molecular weight excluding hydrogens is 418 g/mol. The number of imide groups is 1. The van der Waals surface area contributed by atoms with Crippen LogP contribution in [-0.4, -0.2) is 66.6 Å². The van der Waals surface area contributed by atoms with Gasteiger partial charge in [0.1, 0.15) is 6.54 Å². The first-order valence-electron chi connectivity index (χ1n) is 10.4. The molecule has 0 saturated heterocycles. The molecule has 7 nitrogen and oxygen atoms in total. The third-order valence-corrected chi connectivity index (χ3v) is 6.01. The number of carboxylic acids is 1. The smallest absolute Gasteiger partial charge is 0.303 e. The van der Waals surface area contributed by atoms with E-state index in [2.05, 4.69) is 26.0 Å². The first-order valence-corrected chi connectivity index (χ1v) is 10.4. The first-order chi connectivity index (χ1) is 14.2. The number of benzene rings is 2. The normalized spacial score (nSPS) is 16.9. The molecule has 166 valence electrons. The Hall–Kier alpha value is -2.64. The summed E-state index contributed by atoms with van der Waals surface area (Å²) in [7, 11) is 6.39. The minimum Gasteiger partial charge on any atom is -1.00 e. The monoisotopic (exact) mass is 445 g/mol. The molecular formula is C23H28ClN3O4. The van der Waals surface area contributed by atoms with E-state index in [4.69, 9.17) is 5.11 Å². The lowest BCUT2D eigenvalue weighted by Gasteiger charge is -2.41. The molecule has 0 saturated carbocycles. The Morgan fingerprint density at radius 2 is 1.81 bits per heavy atom. The van der Waals surface area contributed by atoms with Crippen molar-refractivity contribution in [1.29, 1.82) is 0 Å². The molecule has 1 N–H and O–H groups in total. The van der Waals surface area contributed by atoms with E-state index in [1.165, 1.54) is 4.90 Å². The van der Waals surface area contributed by atoms with E-state index in [9.17, 15) is 14.4 Å². The Morgan fingerprint density at radius 3 is 2.52 bits per heavy atom. The third kappa shape index (κ3) is 4.12. The van der Waals surface area contributed by atoms with Gasteiger partial charge >= 0.3 is 5.97 Å². The lowest BCUT2D eigenvalue weighted by Crippen LogP contribution is -3.00. The zero-order valence-electron chi connectivity index (χ0n) is 18.2. The van der Waals surface area contributed by atoms with Crippen molar-refractivity contribution >= 4 is 34.2 Å². The van der Waals surface area contributed by atoms with Gasteiger partial charge in [0, 0.05) is 47.5 Å². The van der Waals surface area contributed by atoms with E-state index >= 15 is 0 Å². The minimum absolute atomic E-state index is 0. The van der Waals surface area contributed by atoms with Crippen molar-refractivity contribution in [1.82, 2.24) is 4.90 Å². The second-order valence-corrected chi connectivity index (χ2v) is 9.06. The van der Waals surface area contributed by atoms with Crippen LogP contribution >= 0.6 is 0 Å². The molecule has 0 bridgehead atoms. The maximum atomic E-state index is 13.3. The van der Waals surface area contributed by atoms with Crippen LogP contribution in [0.3, 0.4) is 0 Å². The molecule has 0 aromatic heterocycles. The number of anilines is 1. The van der Waals surface area contributed by atoms with E-state index in [1.807, 2.05) is 18.2 Å². The Balaban J connectivity index is 0.00000272. The average Bonchev–Trinajstić information content (AvgIpc) is 2.66. The lowest BCUT2D eigenvalue weighted by atomic mass is 9.89. The van der Waals surface area contributed by atoms with Crippen molar-refractivity contribution in [3.63, 3.8) is 0 Å². The van der Waals surface area contributed by atoms with Crippen molar-refractivity contribution in [3.8, 4) is 0 Å². The van der Waals surface area contributed by atoms with Gasteiger partial charge in [-0.1, -0.05) is 18.6 Å². The second-order valence-electron chi connectivity index (χ2n) is 9.06. The van der Waals surface area contributed by atoms with Crippen LogP contribution in [0.5, 0.6) is 0 Å². The van der Waals surface area contributed by atoms with Crippen molar-refractivity contribution in [2.75, 3.05) is 39.3 Å². The van der Waals surface area contributed by atoms with Crippen molar-refractivity contribution in [3.05, 3.63) is 41.0 Å². The van der Waals surface area contributed by atoms with Gasteiger partial charge in [-0.3, -0.25) is 19.3 Å². The zero-order chi connectivity index (χ0) is 21.6. The molecule has 2 amide bonds. The number of nitrogens with zero attached hydrogens (tertiary/aromatic N) is 3. The van der Waals surface area contributed by atoms with E-state index in [0.29, 0.717) is 36.9 Å². The van der Waals surface area contributed by atoms with Crippen LogP contribution in [0, 0.1) is 0 Å². The van der Waals surface area contributed by atoms with Gasteiger partial charge in [-0.25, -0.2) is 0 Å². The topological polar surface area (TPSA) is 77.9 Å². The number of carboxylic acid groups (broad SMARTS) is 1. The summed E-state index contributed by atoms with van der Waals surface area (Å²) in [6, 6.07) is 7.67. The zero-order valence-corrected chi connectivity index (χ0v) is 18.9. The summed E-state index contributed by atoms with van der Waals surface area (Å²) in [6.45, 7) is 1.99. The first kappa shape index (κ1) is 23.0. The van der Waals surface area contributed by atoms with Gasteiger partial charge < -0.3 is 26.9 Å². The van der Waals surface area contributed by atoms with Crippen LogP contribution in [0.25, 0.3) is 10.8 Å². The Kier molecular flexibility index (Phi) is 6.30. The predicted molar refractivity (Wildman–Crippen MR) is 115 cm³/mol. The number of quaternary nitrogens is 1. The highest BCUT2D eigenvalue weighted by Gasteiger charge is 2.37. The molecule has 0 aliphatic carbocycles. The number of carbonyl (C=O) groups excluding carboxylic acids is 2. The van der Waals surface area contributed by atoms with Crippen molar-refractivity contribution < 1.29 is 36.4 Å². The Bertz CT molecular complexity index is 1070. The third-order valence-electron chi connectivity index (χ3n) is 6.01. The summed E-state index contributed by atoms with van der Waals surface area (Å²) in [6.07, 6.45) is 1.93. The van der Waals surface area contributed by atoms with Crippen LogP contribution in [0.2, 0.25) is 0 Å². The minimum atomic E-state index is -0.822. The van der Waals surface area contributed by atoms with Crippen molar-refractivity contribution in [2.45, 2.75) is 32.2 Å². The fourth-order valence-corrected chi connectivity index (χ4v) is 4.91. The molecule has 2 aliphatic heterocycles. The number of unbranched alkanes of at least 4 members (excludes halogenated alkanes) is 2. The lowest BCUT2D eigenvalue weighted by molar-refractivity contribution is -0.904. The maximum absolute atomic E-state index is 13.3. The van der Waals surface area contributed by atoms with E-state index in [-0.39, 0.29) is 30.6 Å². The summed E-state index contributed by atoms with van der Waals surface area (Å²) in [4.78, 5) is 40.7. The maximum Gasteiger partial charge on any atom is 0.303 e. The molecule has 0 radical (unpaired) electrons. The largest absolute Gasteiger partial charge is 1.00 e. The van der Waals surface area contributed by atoms with Crippen LogP contribution < -0.4 is 17.3 Å². The number of amides is 2. The van der Waals surface area contributed by atoms with Gasteiger partial charge in [0.05, 0.1) is 19.8 Å². The SMILES string of the molecule is CN1C[N+](C)(C)Cc2cc3c4c(cccc4c21)C(=O)N(CCCCCC(=O)O)C3=O.[Cl-]. The van der Waals surface area contributed by atoms with Gasteiger partial charge in [0.2, 0.25) is 0 Å². The molecule has 2 aliphatic rings. The summed E-state index contributed by atoms with van der Waals surface area (Å²) in [5.74, 6) is -1.33. The Labute approximate surface area is 188 Å². The van der Waals surface area contributed by atoms with Crippen LogP contribution in [0.15, 0.2) is 24.3 Å². The molecule has 8 heteroatoms. The van der Waals surface area contributed by atoms with Crippen molar-refractivity contribution in [2.24, 2.45) is 0 Å². The molecule has 4 rings (SSSR count). The summed E-state index contributed by atoms with van der Waals surface area (Å²) >= 11 is 0. The highest BCUT2D eigenvalue weighted by atomic mass is 35.5. The summed E-state index contributed by atoms with van der Waals surface area (Å²) in [5, 5.41) is 10.5. The molecule has 2 aromatic carbocycles. The highest BCUT2D eigenvalue weighted by Crippen LogP contribution is 2.41.